The number of aliphatic carboxylic acids is 1. The Hall–Kier alpha value is -1.47. The molecule has 0 bridgehead atoms. The molecule has 1 amide bonds. The highest BCUT2D eigenvalue weighted by Gasteiger charge is 2.33. The molecule has 0 fully saturated rings. The molecule has 1 atom stereocenters. The number of carbonyl (C=O) groups is 2. The molecule has 1 heterocycles. The number of carbonyl (C=O) groups excluding carboxylic acids is 1. The zero-order valence-corrected chi connectivity index (χ0v) is 12.6. The highest BCUT2D eigenvalue weighted by molar-refractivity contribution is 8.01. The van der Waals surface area contributed by atoms with Crippen LogP contribution in [0.5, 0.6) is 0 Å². The zero-order valence-electron chi connectivity index (χ0n) is 11.8. The van der Waals surface area contributed by atoms with Crippen molar-refractivity contribution < 1.29 is 19.1 Å². The van der Waals surface area contributed by atoms with Crippen molar-refractivity contribution in [2.24, 2.45) is 5.73 Å². The molecule has 1 aromatic heterocycles. The van der Waals surface area contributed by atoms with Crippen LogP contribution in [-0.4, -0.2) is 45.5 Å². The van der Waals surface area contributed by atoms with Crippen LogP contribution < -0.4 is 5.73 Å². The number of nitrogens with two attached hydrogens (primary N) is 1. The van der Waals surface area contributed by atoms with Crippen molar-refractivity contribution in [2.75, 3.05) is 12.8 Å². The van der Waals surface area contributed by atoms with E-state index < -0.39 is 16.8 Å². The average molecular weight is 300 g/mol. The summed E-state index contributed by atoms with van der Waals surface area (Å²) in [7, 11) is 1.68. The van der Waals surface area contributed by atoms with E-state index in [1.54, 1.807) is 39.3 Å². The molecule has 0 aliphatic carbocycles. The molecule has 3 N–H and O–H groups in total. The molecule has 0 saturated heterocycles. The Kier molecular flexibility index (Phi) is 5.64. The fourth-order valence-corrected chi connectivity index (χ4v) is 2.47. The van der Waals surface area contributed by atoms with E-state index in [4.69, 9.17) is 15.3 Å². The number of carboxylic acid groups (broad SMARTS) is 1. The van der Waals surface area contributed by atoms with Gasteiger partial charge in [-0.05, 0) is 26.0 Å². The van der Waals surface area contributed by atoms with Crippen molar-refractivity contribution in [3.63, 3.8) is 0 Å². The van der Waals surface area contributed by atoms with Crippen molar-refractivity contribution in [2.45, 2.75) is 31.2 Å². The average Bonchev–Trinajstić information content (AvgIpc) is 2.87. The van der Waals surface area contributed by atoms with Crippen molar-refractivity contribution in [3.8, 4) is 0 Å². The van der Waals surface area contributed by atoms with Gasteiger partial charge < -0.3 is 20.2 Å². The predicted octanol–water partition coefficient (Wildman–Crippen LogP) is 1.16. The Morgan fingerprint density at radius 3 is 2.70 bits per heavy atom. The first kappa shape index (κ1) is 16.6. The first-order valence-corrected chi connectivity index (χ1v) is 7.11. The number of rotatable bonds is 7. The molecule has 6 nitrogen and oxygen atoms in total. The van der Waals surface area contributed by atoms with Gasteiger partial charge in [0.15, 0.2) is 0 Å². The summed E-state index contributed by atoms with van der Waals surface area (Å²) in [4.78, 5) is 24.4. The first-order valence-electron chi connectivity index (χ1n) is 6.12. The Morgan fingerprint density at radius 2 is 2.20 bits per heavy atom. The Balaban J connectivity index is 2.48. The van der Waals surface area contributed by atoms with Gasteiger partial charge in [0.25, 0.3) is 0 Å². The van der Waals surface area contributed by atoms with E-state index in [9.17, 15) is 9.59 Å². The van der Waals surface area contributed by atoms with Crippen LogP contribution in [0.3, 0.4) is 0 Å². The fraction of sp³-hybridized carbons (Fsp3) is 0.538. The van der Waals surface area contributed by atoms with E-state index >= 15 is 0 Å². The van der Waals surface area contributed by atoms with Gasteiger partial charge in [-0.15, -0.1) is 11.8 Å². The quantitative estimate of drug-likeness (QED) is 0.784. The van der Waals surface area contributed by atoms with Gasteiger partial charge in [0, 0.05) is 11.8 Å². The summed E-state index contributed by atoms with van der Waals surface area (Å²) in [5.74, 6) is -0.297. The molecule has 0 radical (unpaired) electrons. The molecule has 1 rings (SSSR count). The molecular weight excluding hydrogens is 280 g/mol. The highest BCUT2D eigenvalue weighted by Crippen LogP contribution is 2.27. The first-order chi connectivity index (χ1) is 9.24. The minimum Gasteiger partial charge on any atom is -0.480 e. The molecule has 0 spiro atoms. The highest BCUT2D eigenvalue weighted by atomic mass is 32.2. The summed E-state index contributed by atoms with van der Waals surface area (Å²) in [5.41, 5.74) is 5.61. The Bertz CT molecular complexity index is 459. The fourth-order valence-electron chi connectivity index (χ4n) is 1.47. The van der Waals surface area contributed by atoms with Crippen LogP contribution >= 0.6 is 11.8 Å². The van der Waals surface area contributed by atoms with E-state index in [0.717, 1.165) is 0 Å². The number of thioether (sulfide) groups is 1. The van der Waals surface area contributed by atoms with Crippen LogP contribution in [0, 0.1) is 0 Å². The van der Waals surface area contributed by atoms with Crippen LogP contribution in [0.15, 0.2) is 22.8 Å². The lowest BCUT2D eigenvalue weighted by Crippen LogP contribution is -2.47. The lowest BCUT2D eigenvalue weighted by Gasteiger charge is -2.28. The summed E-state index contributed by atoms with van der Waals surface area (Å²) in [6.07, 6.45) is 1.55. The number of carboxylic acids is 1. The molecule has 0 aliphatic rings. The maximum Gasteiger partial charge on any atom is 0.321 e. The largest absolute Gasteiger partial charge is 0.480 e. The number of amides is 1. The molecule has 0 aromatic carbocycles. The smallest absolute Gasteiger partial charge is 0.321 e. The lowest BCUT2D eigenvalue weighted by molar-refractivity contribution is -0.139. The van der Waals surface area contributed by atoms with Gasteiger partial charge in [0.1, 0.15) is 11.8 Å². The third-order valence-corrected chi connectivity index (χ3v) is 4.37. The van der Waals surface area contributed by atoms with E-state index in [1.807, 2.05) is 0 Å². The summed E-state index contributed by atoms with van der Waals surface area (Å²) < 4.78 is 4.46. The van der Waals surface area contributed by atoms with Crippen LogP contribution in [0.25, 0.3) is 0 Å². The molecule has 1 aromatic rings. The molecule has 112 valence electrons. The van der Waals surface area contributed by atoms with Gasteiger partial charge >= 0.3 is 5.97 Å². The van der Waals surface area contributed by atoms with E-state index in [1.165, 1.54) is 16.7 Å². The number of hydrogen-bond donors (Lipinski definition) is 2. The SMILES string of the molecule is CN(Cc1ccco1)C(=O)CSC(C)(C)[C@@H](N)C(=O)O. The second-order valence-electron chi connectivity index (χ2n) is 5.04. The van der Waals surface area contributed by atoms with E-state index in [2.05, 4.69) is 0 Å². The van der Waals surface area contributed by atoms with Crippen LogP contribution in [0.1, 0.15) is 19.6 Å². The second kappa shape index (κ2) is 6.81. The van der Waals surface area contributed by atoms with Crippen molar-refractivity contribution >= 4 is 23.6 Å². The summed E-state index contributed by atoms with van der Waals surface area (Å²) in [6, 6.07) is 2.54. The number of nitrogens with zero attached hydrogens (tertiary/aromatic N) is 1. The van der Waals surface area contributed by atoms with Gasteiger partial charge in [0.2, 0.25) is 5.91 Å². The Labute approximate surface area is 122 Å². The molecule has 0 saturated carbocycles. The summed E-state index contributed by atoms with van der Waals surface area (Å²) in [5, 5.41) is 8.92. The van der Waals surface area contributed by atoms with Gasteiger partial charge in [-0.25, -0.2) is 0 Å². The van der Waals surface area contributed by atoms with Gasteiger partial charge in [-0.1, -0.05) is 0 Å². The van der Waals surface area contributed by atoms with Crippen LogP contribution in [-0.2, 0) is 16.1 Å². The molecule has 0 unspecified atom stereocenters. The van der Waals surface area contributed by atoms with Crippen LogP contribution in [0.4, 0.5) is 0 Å². The Morgan fingerprint density at radius 1 is 1.55 bits per heavy atom. The molecule has 0 aliphatic heterocycles. The third kappa shape index (κ3) is 4.57. The van der Waals surface area contributed by atoms with Crippen molar-refractivity contribution in [1.82, 2.24) is 4.90 Å². The summed E-state index contributed by atoms with van der Waals surface area (Å²) in [6.45, 7) is 3.82. The van der Waals surface area contributed by atoms with E-state index in [-0.39, 0.29) is 11.7 Å². The maximum absolute atomic E-state index is 12.0. The predicted molar refractivity (Wildman–Crippen MR) is 77.3 cm³/mol. The molecule has 20 heavy (non-hydrogen) atoms. The number of furan rings is 1. The maximum atomic E-state index is 12.0. The molecule has 7 heteroatoms. The topological polar surface area (TPSA) is 96.8 Å². The molecular formula is C13H20N2O4S. The van der Waals surface area contributed by atoms with Gasteiger partial charge in [-0.2, -0.15) is 0 Å². The standard InChI is InChI=1S/C13H20N2O4S/c1-13(2,11(14)12(17)18)20-8-10(16)15(3)7-9-5-4-6-19-9/h4-6,11H,7-8,14H2,1-3H3,(H,17,18)/t11-/m0/s1. The minimum absolute atomic E-state index is 0.0999. The van der Waals surface area contributed by atoms with E-state index in [0.29, 0.717) is 12.3 Å². The summed E-state index contributed by atoms with van der Waals surface area (Å²) >= 11 is 1.24. The second-order valence-corrected chi connectivity index (χ2v) is 6.67. The van der Waals surface area contributed by atoms with Crippen molar-refractivity contribution in [3.05, 3.63) is 24.2 Å². The third-order valence-electron chi connectivity index (χ3n) is 2.98. The monoisotopic (exact) mass is 300 g/mol. The zero-order chi connectivity index (χ0) is 15.3. The minimum atomic E-state index is -1.07. The van der Waals surface area contributed by atoms with Crippen LogP contribution in [0.2, 0.25) is 0 Å². The van der Waals surface area contributed by atoms with Crippen molar-refractivity contribution in [1.29, 1.82) is 0 Å². The normalized spacial score (nSPS) is 13.0. The van der Waals surface area contributed by atoms with Gasteiger partial charge in [0.05, 0.1) is 18.6 Å². The lowest BCUT2D eigenvalue weighted by atomic mass is 10.1. The number of hydrogen-bond acceptors (Lipinski definition) is 5. The van der Waals surface area contributed by atoms with Gasteiger partial charge in [-0.3, -0.25) is 9.59 Å².